The van der Waals surface area contributed by atoms with Crippen molar-refractivity contribution in [1.29, 1.82) is 0 Å². The Morgan fingerprint density at radius 1 is 1.25 bits per heavy atom. The van der Waals surface area contributed by atoms with E-state index >= 15 is 0 Å². The van der Waals surface area contributed by atoms with Gasteiger partial charge in [0.15, 0.2) is 10.9 Å². The Hall–Kier alpha value is -2.41. The number of nitrogens with zero attached hydrogens (tertiary/aromatic N) is 3. The van der Waals surface area contributed by atoms with Crippen LogP contribution in [0.4, 0.5) is 16.8 Å². The van der Waals surface area contributed by atoms with Gasteiger partial charge in [0.1, 0.15) is 11.6 Å². The van der Waals surface area contributed by atoms with Gasteiger partial charge >= 0.3 is 0 Å². The quantitative estimate of drug-likeness (QED) is 0.767. The number of nitrogen functional groups attached to an aromatic ring is 1. The molecule has 6 nitrogen and oxygen atoms in total. The van der Waals surface area contributed by atoms with E-state index in [0.717, 1.165) is 21.1 Å². The Labute approximate surface area is 119 Å². The largest absolute Gasteiger partial charge is 0.494 e. The molecule has 3 aromatic rings. The number of ether oxygens (including phenoxy) is 1. The second-order valence-corrected chi connectivity index (χ2v) is 5.08. The summed E-state index contributed by atoms with van der Waals surface area (Å²) < 4.78 is 6.53. The fourth-order valence-electron chi connectivity index (χ4n) is 1.73. The summed E-state index contributed by atoms with van der Waals surface area (Å²) in [5.74, 6) is 1.85. The highest BCUT2D eigenvalue weighted by molar-refractivity contribution is 7.22. The zero-order chi connectivity index (χ0) is 13.9. The van der Waals surface area contributed by atoms with E-state index in [1.165, 1.54) is 11.3 Å². The SMILES string of the molecule is CCOc1ccc2nc(Nc3ccc(N)nn3)sc2c1. The number of nitrogens with one attached hydrogen (secondary N) is 1. The molecule has 0 bridgehead atoms. The Morgan fingerprint density at radius 3 is 2.90 bits per heavy atom. The van der Waals surface area contributed by atoms with Crippen molar-refractivity contribution >= 4 is 38.3 Å². The highest BCUT2D eigenvalue weighted by Crippen LogP contribution is 2.30. The minimum absolute atomic E-state index is 0.390. The smallest absolute Gasteiger partial charge is 0.189 e. The number of fused-ring (bicyclic) bond motifs is 1. The zero-order valence-electron chi connectivity index (χ0n) is 10.8. The molecule has 20 heavy (non-hydrogen) atoms. The monoisotopic (exact) mass is 287 g/mol. The number of benzene rings is 1. The average Bonchev–Trinajstić information content (AvgIpc) is 2.83. The van der Waals surface area contributed by atoms with Gasteiger partial charge in [-0.2, -0.15) is 0 Å². The van der Waals surface area contributed by atoms with Crippen LogP contribution in [-0.2, 0) is 0 Å². The highest BCUT2D eigenvalue weighted by Gasteiger charge is 2.06. The molecule has 0 fully saturated rings. The van der Waals surface area contributed by atoms with E-state index in [9.17, 15) is 0 Å². The van der Waals surface area contributed by atoms with Crippen LogP contribution in [0.15, 0.2) is 30.3 Å². The Bertz CT molecular complexity index is 725. The van der Waals surface area contributed by atoms with Gasteiger partial charge in [-0.25, -0.2) is 4.98 Å². The lowest BCUT2D eigenvalue weighted by Gasteiger charge is -2.00. The van der Waals surface area contributed by atoms with Crippen molar-refractivity contribution in [3.8, 4) is 5.75 Å². The van der Waals surface area contributed by atoms with E-state index in [1.807, 2.05) is 25.1 Å². The van der Waals surface area contributed by atoms with E-state index in [2.05, 4.69) is 20.5 Å². The van der Waals surface area contributed by atoms with Crippen molar-refractivity contribution in [3.63, 3.8) is 0 Å². The molecule has 3 N–H and O–H groups in total. The molecule has 0 spiro atoms. The summed E-state index contributed by atoms with van der Waals surface area (Å²) >= 11 is 1.54. The number of aromatic nitrogens is 3. The molecule has 0 atom stereocenters. The first-order valence-corrected chi connectivity index (χ1v) is 6.96. The van der Waals surface area contributed by atoms with Crippen LogP contribution in [0.25, 0.3) is 10.2 Å². The van der Waals surface area contributed by atoms with Crippen LogP contribution in [0.1, 0.15) is 6.92 Å². The topological polar surface area (TPSA) is 86.0 Å². The molecule has 0 aliphatic heterocycles. The molecule has 102 valence electrons. The standard InChI is InChI=1S/C13H13N5OS/c1-2-19-8-3-4-9-10(7-8)20-13(15-9)16-12-6-5-11(14)17-18-12/h3-7H,2H2,1H3,(H2,14,17)(H,15,16,18). The number of thiazole rings is 1. The van der Waals surface area contributed by atoms with Crippen LogP contribution in [0.5, 0.6) is 5.75 Å². The third kappa shape index (κ3) is 2.62. The molecule has 1 aromatic carbocycles. The van der Waals surface area contributed by atoms with Crippen molar-refractivity contribution < 1.29 is 4.74 Å². The minimum atomic E-state index is 0.390. The summed E-state index contributed by atoms with van der Waals surface area (Å²) in [4.78, 5) is 4.48. The second-order valence-electron chi connectivity index (χ2n) is 4.05. The Morgan fingerprint density at radius 2 is 2.15 bits per heavy atom. The number of nitrogens with two attached hydrogens (primary N) is 1. The molecule has 2 aromatic heterocycles. The predicted octanol–water partition coefficient (Wildman–Crippen LogP) is 2.81. The Kier molecular flexibility index (Phi) is 3.34. The third-order valence-corrected chi connectivity index (χ3v) is 3.52. The van der Waals surface area contributed by atoms with Crippen LogP contribution in [0.3, 0.4) is 0 Å². The van der Waals surface area contributed by atoms with Crippen LogP contribution in [-0.4, -0.2) is 21.8 Å². The van der Waals surface area contributed by atoms with Crippen molar-refractivity contribution in [2.75, 3.05) is 17.7 Å². The van der Waals surface area contributed by atoms with Gasteiger partial charge < -0.3 is 15.8 Å². The van der Waals surface area contributed by atoms with Gasteiger partial charge in [0.2, 0.25) is 0 Å². The summed E-state index contributed by atoms with van der Waals surface area (Å²) in [5.41, 5.74) is 6.42. The molecule has 0 aliphatic rings. The lowest BCUT2D eigenvalue weighted by atomic mass is 10.3. The van der Waals surface area contributed by atoms with Crippen molar-refractivity contribution in [1.82, 2.24) is 15.2 Å². The number of rotatable bonds is 4. The first-order chi connectivity index (χ1) is 9.74. The molecule has 3 rings (SSSR count). The van der Waals surface area contributed by atoms with Gasteiger partial charge in [-0.1, -0.05) is 11.3 Å². The highest BCUT2D eigenvalue weighted by atomic mass is 32.1. The van der Waals surface area contributed by atoms with Crippen molar-refractivity contribution in [3.05, 3.63) is 30.3 Å². The summed E-state index contributed by atoms with van der Waals surface area (Å²) in [6.07, 6.45) is 0. The van der Waals surface area contributed by atoms with Gasteiger partial charge in [0.05, 0.1) is 16.8 Å². The average molecular weight is 287 g/mol. The molecule has 0 amide bonds. The second kappa shape index (κ2) is 5.30. The van der Waals surface area contributed by atoms with Gasteiger partial charge in [0.25, 0.3) is 0 Å². The maximum atomic E-state index is 5.50. The Balaban J connectivity index is 1.86. The fraction of sp³-hybridized carbons (Fsp3) is 0.154. The molecule has 0 radical (unpaired) electrons. The van der Waals surface area contributed by atoms with Crippen LogP contribution in [0, 0.1) is 0 Å². The van der Waals surface area contributed by atoms with Crippen LogP contribution in [0.2, 0.25) is 0 Å². The normalized spacial score (nSPS) is 10.7. The molecule has 2 heterocycles. The van der Waals surface area contributed by atoms with E-state index in [1.54, 1.807) is 12.1 Å². The van der Waals surface area contributed by atoms with Crippen molar-refractivity contribution in [2.24, 2.45) is 0 Å². The molecule has 0 aliphatic carbocycles. The summed E-state index contributed by atoms with van der Waals surface area (Å²) in [6, 6.07) is 9.29. The van der Waals surface area contributed by atoms with Gasteiger partial charge in [-0.3, -0.25) is 0 Å². The zero-order valence-corrected chi connectivity index (χ0v) is 11.6. The summed E-state index contributed by atoms with van der Waals surface area (Å²) in [6.45, 7) is 2.61. The van der Waals surface area contributed by atoms with E-state index in [4.69, 9.17) is 10.5 Å². The van der Waals surface area contributed by atoms with E-state index < -0.39 is 0 Å². The fourth-order valence-corrected chi connectivity index (χ4v) is 2.63. The van der Waals surface area contributed by atoms with Gasteiger partial charge in [0, 0.05) is 0 Å². The lowest BCUT2D eigenvalue weighted by Crippen LogP contribution is -1.97. The molecular weight excluding hydrogens is 274 g/mol. The summed E-state index contributed by atoms with van der Waals surface area (Å²) in [5, 5.41) is 11.6. The number of hydrogen-bond donors (Lipinski definition) is 2. The maximum absolute atomic E-state index is 5.50. The number of hydrogen-bond acceptors (Lipinski definition) is 7. The molecular formula is C13H13N5OS. The lowest BCUT2D eigenvalue weighted by molar-refractivity contribution is 0.341. The minimum Gasteiger partial charge on any atom is -0.494 e. The van der Waals surface area contributed by atoms with Gasteiger partial charge in [-0.05, 0) is 37.3 Å². The van der Waals surface area contributed by atoms with Gasteiger partial charge in [-0.15, -0.1) is 10.2 Å². The van der Waals surface area contributed by atoms with Crippen molar-refractivity contribution in [2.45, 2.75) is 6.92 Å². The van der Waals surface area contributed by atoms with E-state index in [0.29, 0.717) is 18.2 Å². The molecule has 0 saturated heterocycles. The number of anilines is 3. The summed E-state index contributed by atoms with van der Waals surface area (Å²) in [7, 11) is 0. The molecule has 7 heteroatoms. The van der Waals surface area contributed by atoms with Crippen LogP contribution >= 0.6 is 11.3 Å². The first kappa shape index (κ1) is 12.6. The maximum Gasteiger partial charge on any atom is 0.189 e. The van der Waals surface area contributed by atoms with E-state index in [-0.39, 0.29) is 0 Å². The predicted molar refractivity (Wildman–Crippen MR) is 80.5 cm³/mol. The molecule has 0 unspecified atom stereocenters. The molecule has 0 saturated carbocycles. The third-order valence-electron chi connectivity index (χ3n) is 2.59. The van der Waals surface area contributed by atoms with Crippen LogP contribution < -0.4 is 15.8 Å². The first-order valence-electron chi connectivity index (χ1n) is 6.14.